The van der Waals surface area contributed by atoms with Crippen molar-refractivity contribution in [2.45, 2.75) is 63.3 Å². The first kappa shape index (κ1) is 33.7. The molecule has 2 aliphatic heterocycles. The molecule has 3 aromatic heterocycles. The third-order valence-corrected chi connectivity index (χ3v) is 9.45. The summed E-state index contributed by atoms with van der Waals surface area (Å²) in [4.78, 5) is 40.4. The second kappa shape index (κ2) is 13.3. The molecular formula is C34H35ClF3N5O5. The van der Waals surface area contributed by atoms with Crippen LogP contribution in [0.5, 0.6) is 0 Å². The molecule has 0 unspecified atom stereocenters. The van der Waals surface area contributed by atoms with Gasteiger partial charge in [-0.15, -0.1) is 0 Å². The second-order valence-electron chi connectivity index (χ2n) is 12.3. The number of rotatable bonds is 11. The lowest BCUT2D eigenvalue weighted by atomic mass is 9.77. The molecule has 0 spiro atoms. The van der Waals surface area contributed by atoms with E-state index in [0.717, 1.165) is 0 Å². The molecule has 0 bridgehead atoms. The van der Waals surface area contributed by atoms with E-state index in [1.54, 1.807) is 42.2 Å². The topological polar surface area (TPSA) is 122 Å². The van der Waals surface area contributed by atoms with Gasteiger partial charge in [-0.1, -0.05) is 37.2 Å². The van der Waals surface area contributed by atoms with Crippen LogP contribution in [0.3, 0.4) is 0 Å². The van der Waals surface area contributed by atoms with Crippen LogP contribution in [0.1, 0.15) is 62.5 Å². The van der Waals surface area contributed by atoms with Crippen LogP contribution in [0, 0.1) is 5.92 Å². The molecule has 2 aliphatic rings. The number of carboxylic acid groups (broad SMARTS) is 1. The molecular weight excluding hydrogens is 651 g/mol. The molecule has 48 heavy (non-hydrogen) atoms. The number of aliphatic carboxylic acids is 1. The van der Waals surface area contributed by atoms with Gasteiger partial charge in [0.1, 0.15) is 22.8 Å². The number of ether oxygens (including phenoxy) is 1. The Morgan fingerprint density at radius 3 is 2.79 bits per heavy atom. The maximum absolute atomic E-state index is 16.3. The summed E-state index contributed by atoms with van der Waals surface area (Å²) in [6.07, 6.45) is 0.439. The zero-order chi connectivity index (χ0) is 34.2. The van der Waals surface area contributed by atoms with Crippen molar-refractivity contribution in [3.8, 4) is 0 Å². The monoisotopic (exact) mass is 685 g/mol. The van der Waals surface area contributed by atoms with Crippen LogP contribution in [0.4, 0.5) is 19.0 Å². The molecule has 2 fully saturated rings. The molecule has 4 aromatic rings. The van der Waals surface area contributed by atoms with Crippen molar-refractivity contribution in [3.05, 3.63) is 65.2 Å². The largest absolute Gasteiger partial charge is 0.480 e. The van der Waals surface area contributed by atoms with Crippen molar-refractivity contribution in [2.24, 2.45) is 5.92 Å². The average molecular weight is 686 g/mol. The molecule has 0 radical (unpaired) electrons. The summed E-state index contributed by atoms with van der Waals surface area (Å²) in [5.41, 5.74) is -0.315. The maximum Gasteiger partial charge on any atom is 0.417 e. The Labute approximate surface area is 279 Å². The van der Waals surface area contributed by atoms with Gasteiger partial charge in [-0.25, -0.2) is 19.2 Å². The average Bonchev–Trinajstić information content (AvgIpc) is 3.71. The number of halogens is 4. The molecule has 0 aliphatic carbocycles. The Bertz CT molecular complexity index is 1870. The predicted molar refractivity (Wildman–Crippen MR) is 173 cm³/mol. The Balaban J connectivity index is 1.09. The van der Waals surface area contributed by atoms with Gasteiger partial charge in [0.05, 0.1) is 17.3 Å². The fourth-order valence-electron chi connectivity index (χ4n) is 6.66. The smallest absolute Gasteiger partial charge is 0.417 e. The lowest BCUT2D eigenvalue weighted by Gasteiger charge is -2.42. The van der Waals surface area contributed by atoms with Gasteiger partial charge in [-0.3, -0.25) is 9.78 Å². The fraction of sp³-hybridized carbons (Fsp3) is 0.441. The van der Waals surface area contributed by atoms with Crippen molar-refractivity contribution in [1.29, 1.82) is 0 Å². The number of nitrogens with zero attached hydrogens (tertiary/aromatic N) is 5. The van der Waals surface area contributed by atoms with Gasteiger partial charge in [-0.2, -0.15) is 8.78 Å². The minimum atomic E-state index is -3.91. The first-order valence-corrected chi connectivity index (χ1v) is 16.3. The number of fused-ring (bicyclic) bond motifs is 3. The van der Waals surface area contributed by atoms with Crippen LogP contribution in [0.15, 0.2) is 47.5 Å². The number of carbonyl (C=O) groups is 2. The molecule has 1 amide bonds. The predicted octanol–water partition coefficient (Wildman–Crippen LogP) is 7.09. The number of benzene rings is 1. The molecule has 1 aromatic carbocycles. The van der Waals surface area contributed by atoms with E-state index in [0.29, 0.717) is 46.6 Å². The minimum absolute atomic E-state index is 0.0228. The second-order valence-corrected chi connectivity index (χ2v) is 12.7. The first-order valence-electron chi connectivity index (χ1n) is 15.9. The number of hydrogen-bond donors (Lipinski definition) is 1. The maximum atomic E-state index is 16.3. The first-order chi connectivity index (χ1) is 22.9. The summed E-state index contributed by atoms with van der Waals surface area (Å²) in [6, 6.07) is 7.41. The number of amides is 1. The van der Waals surface area contributed by atoms with Crippen LogP contribution in [-0.2, 0) is 26.1 Å². The number of aromatic nitrogens is 3. The van der Waals surface area contributed by atoms with Gasteiger partial charge in [0.25, 0.3) is 0 Å². The van der Waals surface area contributed by atoms with Crippen molar-refractivity contribution >= 4 is 57.4 Å². The normalized spacial score (nSPS) is 21.7. The molecule has 2 saturated heterocycles. The number of anilines is 1. The van der Waals surface area contributed by atoms with Crippen LogP contribution < -0.4 is 4.90 Å². The van der Waals surface area contributed by atoms with Gasteiger partial charge < -0.3 is 24.1 Å². The summed E-state index contributed by atoms with van der Waals surface area (Å²) < 4.78 is 58.1. The van der Waals surface area contributed by atoms with E-state index in [-0.39, 0.29) is 68.2 Å². The van der Waals surface area contributed by atoms with Gasteiger partial charge in [-0.05, 0) is 50.0 Å². The number of likely N-dealkylation sites (tertiary alicyclic amines) is 1. The quantitative estimate of drug-likeness (QED) is 0.165. The van der Waals surface area contributed by atoms with Crippen molar-refractivity contribution < 1.29 is 37.0 Å². The number of unbranched alkanes of at least 4 members (excludes halogenated alkanes) is 1. The Morgan fingerprint density at radius 2 is 2.04 bits per heavy atom. The molecule has 254 valence electrons. The Hall–Kier alpha value is -4.23. The Kier molecular flexibility index (Phi) is 9.36. The van der Waals surface area contributed by atoms with Crippen molar-refractivity contribution in [1.82, 2.24) is 19.9 Å². The van der Waals surface area contributed by atoms with E-state index >= 15 is 13.2 Å². The van der Waals surface area contributed by atoms with E-state index in [1.807, 2.05) is 0 Å². The number of para-hydroxylation sites is 1. The number of carbonyl (C=O) groups excluding carboxylic acids is 1. The molecule has 14 heteroatoms. The Morgan fingerprint density at radius 1 is 1.25 bits per heavy atom. The number of alkyl halides is 3. The van der Waals surface area contributed by atoms with Crippen molar-refractivity contribution in [2.75, 3.05) is 31.1 Å². The van der Waals surface area contributed by atoms with Crippen LogP contribution >= 0.6 is 11.6 Å². The van der Waals surface area contributed by atoms with Crippen LogP contribution in [-0.4, -0.2) is 69.1 Å². The molecule has 3 atom stereocenters. The summed E-state index contributed by atoms with van der Waals surface area (Å²) >= 11 is 6.10. The van der Waals surface area contributed by atoms with Crippen LogP contribution in [0.25, 0.3) is 28.1 Å². The number of furan rings is 1. The highest BCUT2D eigenvalue weighted by Crippen LogP contribution is 2.44. The number of carboxylic acids is 1. The van der Waals surface area contributed by atoms with E-state index in [1.165, 1.54) is 17.2 Å². The van der Waals surface area contributed by atoms with Crippen LogP contribution in [0.2, 0.25) is 5.02 Å². The fourth-order valence-corrected chi connectivity index (χ4v) is 6.82. The van der Waals surface area contributed by atoms with Gasteiger partial charge in [0, 0.05) is 55.5 Å². The van der Waals surface area contributed by atoms with E-state index < -0.39 is 35.5 Å². The summed E-state index contributed by atoms with van der Waals surface area (Å²) in [5, 5.41) is 10.5. The summed E-state index contributed by atoms with van der Waals surface area (Å²) in [7, 11) is 0. The molecule has 1 N–H and O–H groups in total. The molecule has 10 nitrogen and oxygen atoms in total. The third kappa shape index (κ3) is 6.33. The third-order valence-electron chi connectivity index (χ3n) is 9.24. The number of piperidine rings is 1. The lowest BCUT2D eigenvalue weighted by Crippen LogP contribution is -2.49. The summed E-state index contributed by atoms with van der Waals surface area (Å²) in [5.74, 6) is -2.76. The lowest BCUT2D eigenvalue weighted by molar-refractivity contribution is -0.254. The van der Waals surface area contributed by atoms with Gasteiger partial charge >= 0.3 is 12.1 Å². The van der Waals surface area contributed by atoms with E-state index in [9.17, 15) is 14.7 Å². The standard InChI is InChI=1S/C34H35ClF3N5O5/c1-3-24-23(17-21(35)18-39-24)33(36)13-15-42(19-20(33)2)27(44)12-6-7-16-47-34(37,38)32-40-28-22-9-4-5-11-26(22)48-29(28)30(41-32)43-14-8-10-25(43)31(45)46/h3-5,9,11,17-18,20,25H,1,6-8,10,12-16,19H2,2H3,(H,45,46)/t20-,25-,33+/m0/s1. The highest BCUT2D eigenvalue weighted by Gasteiger charge is 2.45. The highest BCUT2D eigenvalue weighted by atomic mass is 35.5. The minimum Gasteiger partial charge on any atom is -0.480 e. The summed E-state index contributed by atoms with van der Waals surface area (Å²) in [6.45, 7) is 5.72. The van der Waals surface area contributed by atoms with E-state index in [2.05, 4.69) is 21.5 Å². The van der Waals surface area contributed by atoms with Crippen molar-refractivity contribution in [3.63, 3.8) is 0 Å². The molecule has 0 saturated carbocycles. The molecule has 5 heterocycles. The number of hydrogen-bond acceptors (Lipinski definition) is 8. The van der Waals surface area contributed by atoms with Gasteiger partial charge in [0.2, 0.25) is 11.7 Å². The SMILES string of the molecule is C=Cc1ncc(Cl)cc1[C@@]1(F)CCN(C(=O)CCCCOC(F)(F)c2nc(N3CCC[C@H]3C(=O)O)c3oc4ccccc4c3n2)C[C@@H]1C. The van der Waals surface area contributed by atoms with Gasteiger partial charge in [0.15, 0.2) is 11.4 Å². The zero-order valence-corrected chi connectivity index (χ0v) is 27.1. The molecule has 6 rings (SSSR count). The number of pyridine rings is 1. The highest BCUT2D eigenvalue weighted by molar-refractivity contribution is 6.30. The zero-order valence-electron chi connectivity index (χ0n) is 26.3. The van der Waals surface area contributed by atoms with E-state index in [4.69, 9.17) is 20.8 Å².